The summed E-state index contributed by atoms with van der Waals surface area (Å²) in [7, 11) is 0. The largest absolute Gasteiger partial charge is 0.356 e. The number of Topliss-reactive ketones (excluding diaryl/α,β-unsaturated/α-hetero) is 1. The maximum Gasteiger partial charge on any atom is 0.254 e. The van der Waals surface area contributed by atoms with Gasteiger partial charge in [-0.15, -0.1) is 12.4 Å². The van der Waals surface area contributed by atoms with Gasteiger partial charge in [-0.05, 0) is 61.2 Å². The third-order valence-electron chi connectivity index (χ3n) is 6.73. The molecular weight excluding hydrogens is 434 g/mol. The lowest BCUT2D eigenvalue weighted by Gasteiger charge is -2.33. The molecule has 1 aromatic heterocycles. The second-order valence-corrected chi connectivity index (χ2v) is 9.05. The molecule has 1 saturated heterocycles. The Labute approximate surface area is 201 Å². The van der Waals surface area contributed by atoms with E-state index < -0.39 is 0 Å². The van der Waals surface area contributed by atoms with Gasteiger partial charge >= 0.3 is 0 Å². The van der Waals surface area contributed by atoms with Gasteiger partial charge in [0.15, 0.2) is 5.78 Å². The minimum Gasteiger partial charge on any atom is -0.356 e. The number of benzene rings is 2. The number of piperidine rings is 1. The molecule has 1 N–H and O–H groups in total. The normalized spacial score (nSPS) is 16.5. The summed E-state index contributed by atoms with van der Waals surface area (Å²) >= 11 is 0. The van der Waals surface area contributed by atoms with Gasteiger partial charge in [0, 0.05) is 30.8 Å². The van der Waals surface area contributed by atoms with Crippen molar-refractivity contribution in [2.24, 2.45) is 5.92 Å². The number of hydrogen-bond donors (Lipinski definition) is 1. The van der Waals surface area contributed by atoms with Crippen LogP contribution in [-0.4, -0.2) is 52.7 Å². The highest BCUT2D eigenvalue weighted by Crippen LogP contribution is 2.26. The van der Waals surface area contributed by atoms with Crippen molar-refractivity contribution in [2.45, 2.75) is 25.8 Å². The second-order valence-electron chi connectivity index (χ2n) is 9.05. The van der Waals surface area contributed by atoms with E-state index in [9.17, 15) is 9.59 Å². The summed E-state index contributed by atoms with van der Waals surface area (Å²) in [6.07, 6.45) is 2.85. The van der Waals surface area contributed by atoms with Gasteiger partial charge in [0.05, 0.1) is 12.2 Å². The van der Waals surface area contributed by atoms with Crippen molar-refractivity contribution < 1.29 is 9.59 Å². The van der Waals surface area contributed by atoms with Crippen molar-refractivity contribution in [1.29, 1.82) is 0 Å². The first-order valence-corrected chi connectivity index (χ1v) is 11.5. The Morgan fingerprint density at radius 2 is 1.67 bits per heavy atom. The molecule has 172 valence electrons. The Balaban J connectivity index is 0.00000259. The van der Waals surface area contributed by atoms with Gasteiger partial charge in [0.1, 0.15) is 0 Å². The standard InChI is InChI=1S/C27H29N3O2.ClH/c31-26(25-11-10-23(28-25)16-20-6-2-1-3-7-20)19-29-14-12-21(13-15-29)17-30-18-22-8-4-5-9-24(22)27(30)32;/h1-11,21,28H,12-19H2;1H. The first-order valence-electron chi connectivity index (χ1n) is 11.5. The van der Waals surface area contributed by atoms with Crippen LogP contribution in [0.5, 0.6) is 0 Å². The maximum atomic E-state index is 12.8. The molecule has 5 rings (SSSR count). The molecule has 6 heteroatoms. The lowest BCUT2D eigenvalue weighted by atomic mass is 9.96. The fraction of sp³-hybridized carbons (Fsp3) is 0.333. The van der Waals surface area contributed by atoms with Gasteiger partial charge in [0.25, 0.3) is 5.91 Å². The van der Waals surface area contributed by atoms with Crippen LogP contribution in [0.3, 0.4) is 0 Å². The fourth-order valence-corrected chi connectivity index (χ4v) is 4.91. The summed E-state index contributed by atoms with van der Waals surface area (Å²) in [6, 6.07) is 22.1. The predicted octanol–water partition coefficient (Wildman–Crippen LogP) is 4.58. The number of carbonyl (C=O) groups is 2. The molecule has 3 aromatic rings. The molecule has 0 saturated carbocycles. The number of amides is 1. The minimum absolute atomic E-state index is 0. The molecular formula is C27H30ClN3O2. The van der Waals surface area contributed by atoms with Crippen LogP contribution in [0.25, 0.3) is 0 Å². The number of nitrogens with zero attached hydrogens (tertiary/aromatic N) is 2. The monoisotopic (exact) mass is 463 g/mol. The van der Waals surface area contributed by atoms with Crippen molar-refractivity contribution in [1.82, 2.24) is 14.8 Å². The van der Waals surface area contributed by atoms with E-state index in [0.717, 1.165) is 62.3 Å². The molecule has 3 heterocycles. The molecule has 2 aliphatic heterocycles. The highest BCUT2D eigenvalue weighted by atomic mass is 35.5. The van der Waals surface area contributed by atoms with Crippen LogP contribution >= 0.6 is 12.4 Å². The molecule has 1 fully saturated rings. The zero-order chi connectivity index (χ0) is 21.9. The first-order chi connectivity index (χ1) is 15.7. The molecule has 0 bridgehead atoms. The van der Waals surface area contributed by atoms with E-state index >= 15 is 0 Å². The number of H-pyrrole nitrogens is 1. The number of carbonyl (C=O) groups excluding carboxylic acids is 2. The summed E-state index contributed by atoms with van der Waals surface area (Å²) in [5.41, 5.74) is 4.98. The maximum absolute atomic E-state index is 12.8. The molecule has 5 nitrogen and oxygen atoms in total. The Bertz CT molecular complexity index is 1100. The first kappa shape index (κ1) is 23.3. The number of fused-ring (bicyclic) bond motifs is 1. The van der Waals surface area contributed by atoms with Gasteiger partial charge in [-0.3, -0.25) is 14.5 Å². The average molecular weight is 464 g/mol. The number of halogens is 1. The Morgan fingerprint density at radius 1 is 0.939 bits per heavy atom. The minimum atomic E-state index is 0. The third kappa shape index (κ3) is 5.37. The van der Waals surface area contributed by atoms with Gasteiger partial charge in [0.2, 0.25) is 0 Å². The highest BCUT2D eigenvalue weighted by molar-refractivity contribution is 5.98. The lowest BCUT2D eigenvalue weighted by Crippen LogP contribution is -2.41. The van der Waals surface area contributed by atoms with E-state index in [0.29, 0.717) is 18.2 Å². The van der Waals surface area contributed by atoms with E-state index in [4.69, 9.17) is 0 Å². The second kappa shape index (κ2) is 10.4. The van der Waals surface area contributed by atoms with E-state index in [1.54, 1.807) is 0 Å². The summed E-state index contributed by atoms with van der Waals surface area (Å²) in [5, 5.41) is 0. The van der Waals surface area contributed by atoms with Crippen molar-refractivity contribution >= 4 is 24.1 Å². The van der Waals surface area contributed by atoms with Crippen LogP contribution in [0.2, 0.25) is 0 Å². The van der Waals surface area contributed by atoms with E-state index in [-0.39, 0.29) is 24.1 Å². The van der Waals surface area contributed by atoms with Crippen molar-refractivity contribution in [2.75, 3.05) is 26.2 Å². The highest BCUT2D eigenvalue weighted by Gasteiger charge is 2.30. The summed E-state index contributed by atoms with van der Waals surface area (Å²) in [5.74, 6) is 0.812. The molecule has 0 aliphatic carbocycles. The number of likely N-dealkylation sites (tertiary alicyclic amines) is 1. The van der Waals surface area contributed by atoms with Gasteiger partial charge < -0.3 is 9.88 Å². The van der Waals surface area contributed by atoms with Crippen LogP contribution in [0, 0.1) is 5.92 Å². The molecule has 2 aliphatic rings. The van der Waals surface area contributed by atoms with Crippen LogP contribution < -0.4 is 0 Å². The third-order valence-corrected chi connectivity index (χ3v) is 6.73. The van der Waals surface area contributed by atoms with Crippen molar-refractivity contribution in [3.63, 3.8) is 0 Å². The topological polar surface area (TPSA) is 56.4 Å². The Hall–Kier alpha value is -2.89. The Morgan fingerprint density at radius 3 is 2.42 bits per heavy atom. The average Bonchev–Trinajstić information content (AvgIpc) is 3.41. The quantitative estimate of drug-likeness (QED) is 0.522. The number of hydrogen-bond acceptors (Lipinski definition) is 3. The number of rotatable bonds is 7. The van der Waals surface area contributed by atoms with E-state index in [1.165, 1.54) is 5.56 Å². The number of aromatic nitrogens is 1. The smallest absolute Gasteiger partial charge is 0.254 e. The summed E-state index contributed by atoms with van der Waals surface area (Å²) < 4.78 is 0. The van der Waals surface area contributed by atoms with Crippen LogP contribution in [0.4, 0.5) is 0 Å². The van der Waals surface area contributed by atoms with E-state index in [1.807, 2.05) is 59.5 Å². The molecule has 0 radical (unpaired) electrons. The molecule has 33 heavy (non-hydrogen) atoms. The van der Waals surface area contributed by atoms with Crippen molar-refractivity contribution in [3.8, 4) is 0 Å². The fourth-order valence-electron chi connectivity index (χ4n) is 4.91. The zero-order valence-electron chi connectivity index (χ0n) is 18.7. The van der Waals surface area contributed by atoms with Gasteiger partial charge in [-0.2, -0.15) is 0 Å². The molecule has 0 unspecified atom stereocenters. The van der Waals surface area contributed by atoms with Crippen LogP contribution in [0.1, 0.15) is 50.5 Å². The summed E-state index contributed by atoms with van der Waals surface area (Å²) in [6.45, 7) is 3.80. The lowest BCUT2D eigenvalue weighted by molar-refractivity contribution is 0.0707. The zero-order valence-corrected chi connectivity index (χ0v) is 19.5. The van der Waals surface area contributed by atoms with Crippen LogP contribution in [0.15, 0.2) is 66.7 Å². The van der Waals surface area contributed by atoms with Gasteiger partial charge in [-0.1, -0.05) is 48.5 Å². The molecule has 1 amide bonds. The molecule has 2 aromatic carbocycles. The van der Waals surface area contributed by atoms with Gasteiger partial charge in [-0.25, -0.2) is 0 Å². The molecule has 0 atom stereocenters. The summed E-state index contributed by atoms with van der Waals surface area (Å²) in [4.78, 5) is 32.9. The SMILES string of the molecule is Cl.O=C(CN1CCC(CN2Cc3ccccc3C2=O)CC1)c1ccc(Cc2ccccc2)[nH]1. The predicted molar refractivity (Wildman–Crippen MR) is 132 cm³/mol. The van der Waals surface area contributed by atoms with Crippen LogP contribution in [-0.2, 0) is 13.0 Å². The number of nitrogens with one attached hydrogen (secondary N) is 1. The van der Waals surface area contributed by atoms with Crippen molar-refractivity contribution in [3.05, 3.63) is 94.8 Å². The number of aromatic amines is 1. The Kier molecular flexibility index (Phi) is 7.31. The molecule has 0 spiro atoms. The van der Waals surface area contributed by atoms with E-state index in [2.05, 4.69) is 22.0 Å². The number of ketones is 1.